The van der Waals surface area contributed by atoms with E-state index in [9.17, 15) is 14.7 Å². The number of fused-ring (bicyclic) bond motifs is 1. The van der Waals surface area contributed by atoms with Gasteiger partial charge in [0.15, 0.2) is 5.82 Å². The first-order valence-electron chi connectivity index (χ1n) is 9.17. The predicted molar refractivity (Wildman–Crippen MR) is 103 cm³/mol. The lowest BCUT2D eigenvalue weighted by Crippen LogP contribution is -2.25. The number of rotatable bonds is 4. The van der Waals surface area contributed by atoms with Crippen molar-refractivity contribution in [2.24, 2.45) is 0 Å². The third-order valence-corrected chi connectivity index (χ3v) is 5.13. The zero-order valence-corrected chi connectivity index (χ0v) is 15.9. The largest absolute Gasteiger partial charge is 0.478 e. The molecular weight excluding hydrogens is 358 g/mol. The maximum atomic E-state index is 12.4. The second-order valence-corrected chi connectivity index (χ2v) is 7.40. The minimum Gasteiger partial charge on any atom is -0.478 e. The number of hydrogen-bond donors (Lipinski definition) is 2. The number of hydrogen-bond acceptors (Lipinski definition) is 4. The molecule has 1 aliphatic rings. The van der Waals surface area contributed by atoms with Gasteiger partial charge in [0.2, 0.25) is 5.91 Å². The molecule has 0 bridgehead atoms. The summed E-state index contributed by atoms with van der Waals surface area (Å²) >= 11 is 0. The average Bonchev–Trinajstić information content (AvgIpc) is 3.24. The minimum absolute atomic E-state index is 0.0347. The lowest BCUT2D eigenvalue weighted by molar-refractivity contribution is -0.116. The summed E-state index contributed by atoms with van der Waals surface area (Å²) in [5.41, 5.74) is 3.22. The van der Waals surface area contributed by atoms with E-state index < -0.39 is 5.97 Å². The fraction of sp³-hybridized carbons (Fsp3) is 0.286. The lowest BCUT2D eigenvalue weighted by Gasteiger charge is -2.26. The number of carboxylic acid groups (broad SMARTS) is 1. The van der Waals surface area contributed by atoms with Crippen LogP contribution in [0.4, 0.5) is 5.69 Å². The third kappa shape index (κ3) is 2.98. The van der Waals surface area contributed by atoms with Crippen molar-refractivity contribution in [1.29, 1.82) is 0 Å². The van der Waals surface area contributed by atoms with E-state index in [0.29, 0.717) is 28.9 Å². The minimum atomic E-state index is -1.11. The van der Waals surface area contributed by atoms with E-state index in [0.717, 1.165) is 5.56 Å². The predicted octanol–water partition coefficient (Wildman–Crippen LogP) is 4.07. The molecule has 2 N–H and O–H groups in total. The molecule has 0 spiro atoms. The van der Waals surface area contributed by atoms with Gasteiger partial charge in [-0.15, -0.1) is 0 Å². The Morgan fingerprint density at radius 3 is 2.61 bits per heavy atom. The van der Waals surface area contributed by atoms with Gasteiger partial charge in [0.25, 0.3) is 0 Å². The van der Waals surface area contributed by atoms with Crippen molar-refractivity contribution in [3.8, 4) is 5.82 Å². The molecule has 144 valence electrons. The highest BCUT2D eigenvalue weighted by Gasteiger charge is 2.35. The Labute approximate surface area is 162 Å². The quantitative estimate of drug-likeness (QED) is 0.712. The molecule has 3 aromatic rings. The van der Waals surface area contributed by atoms with Crippen molar-refractivity contribution >= 4 is 17.6 Å². The molecule has 1 amide bonds. The summed E-state index contributed by atoms with van der Waals surface area (Å²) in [5, 5.41) is 16.4. The number of carboxylic acids is 1. The van der Waals surface area contributed by atoms with E-state index in [1.807, 2.05) is 12.1 Å². The van der Waals surface area contributed by atoms with Crippen molar-refractivity contribution in [2.75, 3.05) is 5.32 Å². The molecule has 7 heteroatoms. The molecule has 0 fully saturated rings. The first-order chi connectivity index (χ1) is 13.3. The Balaban J connectivity index is 1.90. The van der Waals surface area contributed by atoms with E-state index >= 15 is 0 Å². The molecule has 28 heavy (non-hydrogen) atoms. The molecule has 1 atom stereocenters. The zero-order chi connectivity index (χ0) is 20.0. The first-order valence-corrected chi connectivity index (χ1v) is 9.17. The van der Waals surface area contributed by atoms with Gasteiger partial charge in [-0.1, -0.05) is 43.3 Å². The van der Waals surface area contributed by atoms with Gasteiger partial charge in [-0.3, -0.25) is 9.36 Å². The fourth-order valence-corrected chi connectivity index (χ4v) is 3.68. The van der Waals surface area contributed by atoms with Crippen molar-refractivity contribution in [3.63, 3.8) is 0 Å². The molecule has 1 unspecified atom stereocenters. The SMILES string of the molecule is Cc1cc(-n2cc(C(=O)O)c3c2C(c2ccc(C(C)C)cc2)CC(=O)N3)no1. The van der Waals surface area contributed by atoms with Gasteiger partial charge in [-0.25, -0.2) is 4.79 Å². The van der Waals surface area contributed by atoms with Crippen LogP contribution in [0.2, 0.25) is 0 Å². The third-order valence-electron chi connectivity index (χ3n) is 5.13. The topological polar surface area (TPSA) is 97.4 Å². The number of aromatic carboxylic acids is 1. The number of nitrogens with one attached hydrogen (secondary N) is 1. The second kappa shape index (κ2) is 6.67. The van der Waals surface area contributed by atoms with Crippen molar-refractivity contribution < 1.29 is 19.2 Å². The van der Waals surface area contributed by atoms with Gasteiger partial charge < -0.3 is 14.9 Å². The van der Waals surface area contributed by atoms with Crippen LogP contribution in [0.1, 0.15) is 65.0 Å². The Bertz CT molecular complexity index is 1060. The number of nitrogens with zero attached hydrogens (tertiary/aromatic N) is 2. The highest BCUT2D eigenvalue weighted by Crippen LogP contribution is 2.41. The summed E-state index contributed by atoms with van der Waals surface area (Å²) in [6.07, 6.45) is 1.72. The summed E-state index contributed by atoms with van der Waals surface area (Å²) in [6, 6.07) is 9.86. The van der Waals surface area contributed by atoms with Gasteiger partial charge in [0.1, 0.15) is 11.3 Å². The van der Waals surface area contributed by atoms with E-state index in [-0.39, 0.29) is 23.8 Å². The van der Waals surface area contributed by atoms with Crippen LogP contribution in [0.5, 0.6) is 0 Å². The van der Waals surface area contributed by atoms with Gasteiger partial charge in [0.05, 0.1) is 11.4 Å². The molecule has 0 saturated heterocycles. The standard InChI is InChI=1S/C21H21N3O4/c1-11(2)13-4-6-14(7-5-13)15-9-18(25)22-19-16(21(26)27)10-24(20(15)19)17-8-12(3)28-23-17/h4-8,10-11,15H,9H2,1-3H3,(H,22,25)(H,26,27). The van der Waals surface area contributed by atoms with E-state index in [4.69, 9.17) is 4.52 Å². The molecule has 0 radical (unpaired) electrons. The highest BCUT2D eigenvalue weighted by atomic mass is 16.5. The Hall–Kier alpha value is -3.35. The molecule has 1 aliphatic heterocycles. The van der Waals surface area contributed by atoms with Crippen LogP contribution >= 0.6 is 0 Å². The van der Waals surface area contributed by atoms with E-state index in [1.54, 1.807) is 17.6 Å². The van der Waals surface area contributed by atoms with Crippen LogP contribution in [0.15, 0.2) is 41.1 Å². The van der Waals surface area contributed by atoms with Gasteiger partial charge in [0, 0.05) is 24.6 Å². The van der Waals surface area contributed by atoms with Crippen LogP contribution in [0.25, 0.3) is 5.82 Å². The van der Waals surface area contributed by atoms with Crippen molar-refractivity contribution in [2.45, 2.75) is 39.0 Å². The van der Waals surface area contributed by atoms with Gasteiger partial charge in [-0.05, 0) is 24.0 Å². The summed E-state index contributed by atoms with van der Waals surface area (Å²) in [7, 11) is 0. The Morgan fingerprint density at radius 1 is 1.32 bits per heavy atom. The van der Waals surface area contributed by atoms with E-state index in [2.05, 4.69) is 36.5 Å². The van der Waals surface area contributed by atoms with Gasteiger partial charge in [-0.2, -0.15) is 0 Å². The molecule has 7 nitrogen and oxygen atoms in total. The molecule has 0 aliphatic carbocycles. The van der Waals surface area contributed by atoms with Gasteiger partial charge >= 0.3 is 5.97 Å². The average molecular weight is 379 g/mol. The maximum absolute atomic E-state index is 12.4. The fourth-order valence-electron chi connectivity index (χ4n) is 3.68. The number of carbonyl (C=O) groups is 2. The normalized spacial score (nSPS) is 16.1. The molecule has 3 heterocycles. The number of carbonyl (C=O) groups excluding carboxylic acids is 1. The first kappa shape index (κ1) is 18.0. The summed E-state index contributed by atoms with van der Waals surface area (Å²) in [5.74, 6) is -0.0866. The number of amides is 1. The lowest BCUT2D eigenvalue weighted by atomic mass is 9.87. The Morgan fingerprint density at radius 2 is 2.04 bits per heavy atom. The van der Waals surface area contributed by atoms with Crippen molar-refractivity contribution in [3.05, 3.63) is 64.7 Å². The maximum Gasteiger partial charge on any atom is 0.339 e. The highest BCUT2D eigenvalue weighted by molar-refractivity contribution is 6.04. The summed E-state index contributed by atoms with van der Waals surface area (Å²) < 4.78 is 6.88. The van der Waals surface area contributed by atoms with Crippen LogP contribution in [0.3, 0.4) is 0 Å². The molecule has 4 rings (SSSR count). The summed E-state index contributed by atoms with van der Waals surface area (Å²) in [4.78, 5) is 24.1. The Kier molecular flexibility index (Phi) is 4.30. The monoisotopic (exact) mass is 379 g/mol. The molecular formula is C21H21N3O4. The zero-order valence-electron chi connectivity index (χ0n) is 15.9. The van der Waals surface area contributed by atoms with E-state index in [1.165, 1.54) is 11.8 Å². The smallest absolute Gasteiger partial charge is 0.339 e. The molecule has 2 aromatic heterocycles. The summed E-state index contributed by atoms with van der Waals surface area (Å²) in [6.45, 7) is 6.02. The number of aryl methyl sites for hydroxylation is 1. The van der Waals surface area contributed by atoms with Crippen LogP contribution in [0, 0.1) is 6.92 Å². The molecule has 0 saturated carbocycles. The number of anilines is 1. The van der Waals surface area contributed by atoms with Crippen molar-refractivity contribution in [1.82, 2.24) is 9.72 Å². The number of benzene rings is 1. The van der Waals surface area contributed by atoms with Crippen LogP contribution in [-0.2, 0) is 4.79 Å². The molecule has 1 aromatic carbocycles. The second-order valence-electron chi connectivity index (χ2n) is 7.40. The van der Waals surface area contributed by atoms with Crippen LogP contribution < -0.4 is 5.32 Å². The number of aromatic nitrogens is 2. The van der Waals surface area contributed by atoms with Crippen LogP contribution in [-0.4, -0.2) is 26.7 Å².